The van der Waals surface area contributed by atoms with Gasteiger partial charge in [-0.25, -0.2) is 5.10 Å². The zero-order valence-electron chi connectivity index (χ0n) is 11.5. The summed E-state index contributed by atoms with van der Waals surface area (Å²) >= 11 is 4.24. The van der Waals surface area contributed by atoms with E-state index in [1.807, 2.05) is 18.7 Å². The summed E-state index contributed by atoms with van der Waals surface area (Å²) in [6, 6.07) is 0.106. The molecule has 0 saturated heterocycles. The van der Waals surface area contributed by atoms with Crippen molar-refractivity contribution in [2.45, 2.75) is 39.0 Å². The molecule has 0 aliphatic rings. The predicted octanol–water partition coefficient (Wildman–Crippen LogP) is 0.865. The van der Waals surface area contributed by atoms with E-state index in [2.05, 4.69) is 33.1 Å². The normalized spacial score (nSPS) is 12.3. The molecule has 0 aliphatic carbocycles. The molecule has 0 radical (unpaired) electrons. The van der Waals surface area contributed by atoms with Gasteiger partial charge in [0.25, 0.3) is 0 Å². The average Bonchev–Trinajstić information content (AvgIpc) is 2.71. The van der Waals surface area contributed by atoms with Crippen LogP contribution < -0.4 is 10.2 Å². The number of nitrogens with one attached hydrogen (secondary N) is 2. The topological polar surface area (TPSA) is 91.0 Å². The highest BCUT2D eigenvalue weighted by atomic mass is 32.1. The van der Waals surface area contributed by atoms with E-state index in [-0.39, 0.29) is 23.7 Å². The number of aromatic amines is 1. The van der Waals surface area contributed by atoms with Gasteiger partial charge in [0.15, 0.2) is 0 Å². The van der Waals surface area contributed by atoms with Crippen LogP contribution in [-0.2, 0) is 9.59 Å². The Hall–Kier alpha value is -1.57. The van der Waals surface area contributed by atoms with Crippen LogP contribution in [0.15, 0.2) is 0 Å². The van der Waals surface area contributed by atoms with Gasteiger partial charge in [-0.15, -0.1) is 5.10 Å². The fourth-order valence-electron chi connectivity index (χ4n) is 1.44. The zero-order chi connectivity index (χ0) is 14.6. The molecule has 1 rings (SSSR count). The van der Waals surface area contributed by atoms with Crippen LogP contribution in [0.2, 0.25) is 0 Å². The number of Topliss-reactive ketones (excluding diaryl/α,β-unsaturated/α-hetero) is 1. The second-order valence-electron chi connectivity index (χ2n) is 4.54. The molecule has 1 amide bonds. The Morgan fingerprint density at radius 2 is 2.05 bits per heavy atom. The molecule has 1 aromatic heterocycles. The number of hydrogen-bond acceptors (Lipinski definition) is 6. The third-order valence-electron chi connectivity index (χ3n) is 2.49. The van der Waals surface area contributed by atoms with Crippen LogP contribution >= 0.6 is 12.6 Å². The molecule has 19 heavy (non-hydrogen) atoms. The van der Waals surface area contributed by atoms with Crippen LogP contribution in [-0.4, -0.2) is 44.7 Å². The quantitative estimate of drug-likeness (QED) is 0.675. The second-order valence-corrected chi connectivity index (χ2v) is 5.16. The molecule has 0 aromatic carbocycles. The Kier molecular flexibility index (Phi) is 5.34. The monoisotopic (exact) mass is 285 g/mol. The number of H-pyrrole nitrogens is 1. The van der Waals surface area contributed by atoms with E-state index in [9.17, 15) is 9.59 Å². The fraction of sp³-hybridized carbons (Fsp3) is 0.636. The van der Waals surface area contributed by atoms with Crippen molar-refractivity contribution < 1.29 is 9.59 Å². The summed E-state index contributed by atoms with van der Waals surface area (Å²) in [6.45, 7) is 7.23. The molecule has 1 atom stereocenters. The summed E-state index contributed by atoms with van der Waals surface area (Å²) in [5, 5.41) is 8.78. The average molecular weight is 285 g/mol. The number of anilines is 2. The molecule has 1 heterocycles. The Balaban J connectivity index is 2.84. The maximum absolute atomic E-state index is 11.3. The summed E-state index contributed by atoms with van der Waals surface area (Å²) < 4.78 is 0. The van der Waals surface area contributed by atoms with Gasteiger partial charge >= 0.3 is 0 Å². The van der Waals surface area contributed by atoms with E-state index in [0.717, 1.165) is 0 Å². The predicted molar refractivity (Wildman–Crippen MR) is 76.6 cm³/mol. The Bertz CT molecular complexity index is 460. The summed E-state index contributed by atoms with van der Waals surface area (Å²) in [7, 11) is 0. The lowest BCUT2D eigenvalue weighted by molar-refractivity contribution is -0.116. The minimum absolute atomic E-state index is 0.00777. The number of aromatic nitrogens is 3. The van der Waals surface area contributed by atoms with Crippen LogP contribution in [0.5, 0.6) is 0 Å². The van der Waals surface area contributed by atoms with Crippen LogP contribution in [0.1, 0.15) is 27.7 Å². The third-order valence-corrected chi connectivity index (χ3v) is 3.01. The second kappa shape index (κ2) is 6.55. The van der Waals surface area contributed by atoms with Crippen molar-refractivity contribution in [3.05, 3.63) is 0 Å². The summed E-state index contributed by atoms with van der Waals surface area (Å²) in [6.07, 6.45) is 0. The number of amides is 1. The number of ketones is 1. The van der Waals surface area contributed by atoms with E-state index >= 15 is 0 Å². The molecule has 0 spiro atoms. The zero-order valence-corrected chi connectivity index (χ0v) is 12.4. The molecular weight excluding hydrogens is 266 g/mol. The molecule has 8 heteroatoms. The maximum Gasteiger partial charge on any atom is 0.246 e. The van der Waals surface area contributed by atoms with Crippen LogP contribution in [0, 0.1) is 0 Å². The van der Waals surface area contributed by atoms with Gasteiger partial charge in [-0.1, -0.05) is 0 Å². The summed E-state index contributed by atoms with van der Waals surface area (Å²) in [4.78, 5) is 28.2. The summed E-state index contributed by atoms with van der Waals surface area (Å²) in [5.74, 6) is 0.479. The first kappa shape index (κ1) is 15.5. The molecule has 0 bridgehead atoms. The maximum atomic E-state index is 11.3. The molecule has 0 saturated carbocycles. The lowest BCUT2D eigenvalue weighted by atomic mass is 10.2. The van der Waals surface area contributed by atoms with Gasteiger partial charge in [0, 0.05) is 19.5 Å². The number of thiol groups is 1. The Morgan fingerprint density at radius 3 is 2.53 bits per heavy atom. The SMILES string of the molecule is CC(=O)Nc1nc(N(CC(S)C(C)=O)C(C)C)n[nH]1. The molecule has 1 unspecified atom stereocenters. The third kappa shape index (κ3) is 4.55. The highest BCUT2D eigenvalue weighted by Gasteiger charge is 2.21. The Labute approximate surface area is 117 Å². The van der Waals surface area contributed by atoms with E-state index in [0.29, 0.717) is 12.5 Å². The minimum Gasteiger partial charge on any atom is -0.336 e. The van der Waals surface area contributed by atoms with Crippen LogP contribution in [0.3, 0.4) is 0 Å². The van der Waals surface area contributed by atoms with Crippen LogP contribution in [0.25, 0.3) is 0 Å². The van der Waals surface area contributed by atoms with Crippen molar-refractivity contribution in [2.24, 2.45) is 0 Å². The van der Waals surface area contributed by atoms with E-state index in [1.54, 1.807) is 0 Å². The molecule has 0 fully saturated rings. The highest BCUT2D eigenvalue weighted by molar-refractivity contribution is 7.81. The van der Waals surface area contributed by atoms with Crippen molar-refractivity contribution in [1.29, 1.82) is 0 Å². The lowest BCUT2D eigenvalue weighted by Gasteiger charge is -2.26. The first-order valence-corrected chi connectivity index (χ1v) is 6.48. The molecule has 7 nitrogen and oxygen atoms in total. The number of hydrogen-bond donors (Lipinski definition) is 3. The molecular formula is C11H19N5O2S. The van der Waals surface area contributed by atoms with E-state index in [4.69, 9.17) is 0 Å². The van der Waals surface area contributed by atoms with E-state index in [1.165, 1.54) is 13.8 Å². The molecule has 106 valence electrons. The number of rotatable bonds is 6. The van der Waals surface area contributed by atoms with Gasteiger partial charge in [0.2, 0.25) is 17.8 Å². The largest absolute Gasteiger partial charge is 0.336 e. The van der Waals surface area contributed by atoms with Crippen LogP contribution in [0.4, 0.5) is 11.9 Å². The van der Waals surface area contributed by atoms with Crippen molar-refractivity contribution in [3.8, 4) is 0 Å². The van der Waals surface area contributed by atoms with Gasteiger partial charge in [0.05, 0.1) is 5.25 Å². The number of carbonyl (C=O) groups excluding carboxylic acids is 2. The van der Waals surface area contributed by atoms with Gasteiger partial charge in [-0.05, 0) is 20.8 Å². The summed E-state index contributed by atoms with van der Waals surface area (Å²) in [5.41, 5.74) is 0. The first-order chi connectivity index (χ1) is 8.81. The number of carbonyl (C=O) groups is 2. The van der Waals surface area contributed by atoms with Gasteiger partial charge in [-0.3, -0.25) is 14.9 Å². The molecule has 0 aliphatic heterocycles. The van der Waals surface area contributed by atoms with E-state index < -0.39 is 5.25 Å². The fourth-order valence-corrected chi connectivity index (χ4v) is 1.62. The van der Waals surface area contributed by atoms with Gasteiger partial charge in [0.1, 0.15) is 5.78 Å². The first-order valence-electron chi connectivity index (χ1n) is 5.96. The van der Waals surface area contributed by atoms with Gasteiger partial charge in [-0.2, -0.15) is 17.6 Å². The molecule has 2 N–H and O–H groups in total. The highest BCUT2D eigenvalue weighted by Crippen LogP contribution is 2.15. The lowest BCUT2D eigenvalue weighted by Crippen LogP contribution is -2.38. The molecule has 1 aromatic rings. The van der Waals surface area contributed by atoms with Crippen molar-refractivity contribution >= 4 is 36.2 Å². The van der Waals surface area contributed by atoms with Crippen molar-refractivity contribution in [3.63, 3.8) is 0 Å². The standard InChI is InChI=1S/C11H19N5O2S/c1-6(2)16(5-9(19)7(3)17)11-13-10(14-15-11)12-8(4)18/h6,9,19H,5H2,1-4H3,(H2,12,13,14,15,18). The number of nitrogens with zero attached hydrogens (tertiary/aromatic N) is 3. The van der Waals surface area contributed by atoms with Gasteiger partial charge < -0.3 is 4.90 Å². The van der Waals surface area contributed by atoms with Crippen molar-refractivity contribution in [2.75, 3.05) is 16.8 Å². The smallest absolute Gasteiger partial charge is 0.246 e. The minimum atomic E-state index is -0.398. The Morgan fingerprint density at radius 1 is 1.42 bits per heavy atom. The van der Waals surface area contributed by atoms with Crippen molar-refractivity contribution in [1.82, 2.24) is 15.2 Å².